The van der Waals surface area contributed by atoms with Gasteiger partial charge in [-0.3, -0.25) is 4.79 Å². The molecular formula is C16H16N2O2. The molecule has 2 N–H and O–H groups in total. The van der Waals surface area contributed by atoms with Crippen LogP contribution >= 0.6 is 0 Å². The van der Waals surface area contributed by atoms with Gasteiger partial charge in [0.25, 0.3) is 0 Å². The number of carbonyl (C=O) groups excluding carboxylic acids is 1. The molecule has 4 nitrogen and oxygen atoms in total. The number of benzene rings is 2. The van der Waals surface area contributed by atoms with E-state index >= 15 is 0 Å². The molecule has 0 bridgehead atoms. The first-order chi connectivity index (χ1) is 9.69. The zero-order valence-electron chi connectivity index (χ0n) is 11.2. The van der Waals surface area contributed by atoms with Crippen LogP contribution in [0.1, 0.15) is 12.0 Å². The topological polar surface area (TPSA) is 62.2 Å². The summed E-state index contributed by atoms with van der Waals surface area (Å²) in [6.07, 6.45) is 0.0429. The maximum absolute atomic E-state index is 11.8. The van der Waals surface area contributed by atoms with Crippen LogP contribution < -0.4 is 10.1 Å². The lowest BCUT2D eigenvalue weighted by Crippen LogP contribution is -2.16. The Labute approximate surface area is 117 Å². The molecule has 0 radical (unpaired) electrons. The monoisotopic (exact) mass is 268 g/mol. The molecule has 2 aromatic rings. The van der Waals surface area contributed by atoms with Crippen LogP contribution in [0.5, 0.6) is 5.75 Å². The van der Waals surface area contributed by atoms with E-state index in [2.05, 4.69) is 5.32 Å². The highest BCUT2D eigenvalue weighted by Crippen LogP contribution is 2.13. The predicted octanol–water partition coefficient (Wildman–Crippen LogP) is 3.09. The third-order valence-electron chi connectivity index (χ3n) is 2.83. The summed E-state index contributed by atoms with van der Waals surface area (Å²) < 4.78 is 5.06. The lowest BCUT2D eigenvalue weighted by molar-refractivity contribution is -0.115. The third-order valence-corrected chi connectivity index (χ3v) is 2.83. The highest BCUT2D eigenvalue weighted by molar-refractivity contribution is 6.12. The Bertz CT molecular complexity index is 592. The van der Waals surface area contributed by atoms with Gasteiger partial charge < -0.3 is 15.5 Å². The molecule has 0 saturated carbocycles. The van der Waals surface area contributed by atoms with E-state index in [9.17, 15) is 4.79 Å². The number of hydrogen-bond donors (Lipinski definition) is 2. The highest BCUT2D eigenvalue weighted by atomic mass is 16.5. The van der Waals surface area contributed by atoms with Crippen molar-refractivity contribution in [2.24, 2.45) is 0 Å². The molecule has 0 aromatic heterocycles. The molecule has 0 unspecified atom stereocenters. The Morgan fingerprint density at radius 3 is 2.35 bits per heavy atom. The average Bonchev–Trinajstić information content (AvgIpc) is 2.48. The van der Waals surface area contributed by atoms with Crippen molar-refractivity contribution in [3.05, 3.63) is 60.2 Å². The van der Waals surface area contributed by atoms with Crippen LogP contribution in [0, 0.1) is 5.41 Å². The summed E-state index contributed by atoms with van der Waals surface area (Å²) in [6, 6.07) is 16.3. The average molecular weight is 268 g/mol. The summed E-state index contributed by atoms with van der Waals surface area (Å²) in [6.45, 7) is 0. The van der Waals surface area contributed by atoms with Crippen LogP contribution in [0.25, 0.3) is 0 Å². The van der Waals surface area contributed by atoms with Gasteiger partial charge in [0.15, 0.2) is 0 Å². The molecule has 2 aromatic carbocycles. The number of anilines is 1. The summed E-state index contributed by atoms with van der Waals surface area (Å²) in [7, 11) is 1.59. The molecule has 102 valence electrons. The summed E-state index contributed by atoms with van der Waals surface area (Å²) in [5, 5.41) is 10.7. The van der Waals surface area contributed by atoms with Crippen LogP contribution in [0.3, 0.4) is 0 Å². The van der Waals surface area contributed by atoms with Crippen molar-refractivity contribution in [3.8, 4) is 5.75 Å². The molecule has 4 heteroatoms. The number of rotatable bonds is 5. The van der Waals surface area contributed by atoms with Crippen molar-refractivity contribution >= 4 is 17.3 Å². The highest BCUT2D eigenvalue weighted by Gasteiger charge is 2.08. The molecule has 0 heterocycles. The molecule has 20 heavy (non-hydrogen) atoms. The van der Waals surface area contributed by atoms with Gasteiger partial charge in [0, 0.05) is 11.4 Å². The first-order valence-electron chi connectivity index (χ1n) is 6.26. The summed E-state index contributed by atoms with van der Waals surface area (Å²) in [5.41, 5.74) is 1.73. The van der Waals surface area contributed by atoms with Crippen molar-refractivity contribution < 1.29 is 9.53 Å². The van der Waals surface area contributed by atoms with E-state index in [0.29, 0.717) is 5.56 Å². The summed E-state index contributed by atoms with van der Waals surface area (Å²) in [4.78, 5) is 11.8. The first-order valence-corrected chi connectivity index (χ1v) is 6.26. The number of methoxy groups -OCH3 is 1. The van der Waals surface area contributed by atoms with Gasteiger partial charge in [0.1, 0.15) is 5.75 Å². The summed E-state index contributed by atoms with van der Waals surface area (Å²) >= 11 is 0. The number of amides is 1. The van der Waals surface area contributed by atoms with Crippen LogP contribution in [0.2, 0.25) is 0 Å². The van der Waals surface area contributed by atoms with Crippen molar-refractivity contribution in [2.45, 2.75) is 6.42 Å². The number of carbonyl (C=O) groups is 1. The van der Waals surface area contributed by atoms with E-state index in [4.69, 9.17) is 10.1 Å². The maximum Gasteiger partial charge on any atom is 0.230 e. The smallest absolute Gasteiger partial charge is 0.230 e. The Morgan fingerprint density at radius 2 is 1.75 bits per heavy atom. The Kier molecular flexibility index (Phi) is 4.50. The minimum absolute atomic E-state index is 0.0429. The van der Waals surface area contributed by atoms with Crippen LogP contribution in [0.15, 0.2) is 54.6 Å². The minimum Gasteiger partial charge on any atom is -0.497 e. The minimum atomic E-state index is -0.197. The van der Waals surface area contributed by atoms with Crippen molar-refractivity contribution in [2.75, 3.05) is 12.4 Å². The zero-order valence-corrected chi connectivity index (χ0v) is 11.2. The van der Waals surface area contributed by atoms with Crippen LogP contribution in [0.4, 0.5) is 5.69 Å². The van der Waals surface area contributed by atoms with Gasteiger partial charge in [-0.15, -0.1) is 0 Å². The number of nitrogens with one attached hydrogen (secondary N) is 2. The second-order valence-corrected chi connectivity index (χ2v) is 4.30. The fraction of sp³-hybridized carbons (Fsp3) is 0.125. The fourth-order valence-corrected chi connectivity index (χ4v) is 1.78. The van der Waals surface area contributed by atoms with E-state index in [-0.39, 0.29) is 18.0 Å². The Balaban J connectivity index is 1.95. The van der Waals surface area contributed by atoms with Crippen molar-refractivity contribution in [3.63, 3.8) is 0 Å². The second kappa shape index (κ2) is 6.52. The molecular weight excluding hydrogens is 252 g/mol. The molecule has 0 spiro atoms. The van der Waals surface area contributed by atoms with E-state index in [1.54, 1.807) is 31.4 Å². The van der Waals surface area contributed by atoms with Gasteiger partial charge >= 0.3 is 0 Å². The van der Waals surface area contributed by atoms with Crippen molar-refractivity contribution in [1.82, 2.24) is 0 Å². The molecule has 0 fully saturated rings. The number of ether oxygens (including phenoxy) is 1. The SMILES string of the molecule is COc1ccc(C(=N)CC(=O)Nc2ccccc2)cc1. The summed E-state index contributed by atoms with van der Waals surface area (Å²) in [5.74, 6) is 0.535. The van der Waals surface area contributed by atoms with Gasteiger partial charge in [-0.05, 0) is 42.0 Å². The molecule has 0 atom stereocenters. The Morgan fingerprint density at radius 1 is 1.10 bits per heavy atom. The predicted molar refractivity (Wildman–Crippen MR) is 79.5 cm³/mol. The zero-order chi connectivity index (χ0) is 14.4. The molecule has 1 amide bonds. The van der Waals surface area contributed by atoms with Gasteiger partial charge in [0.05, 0.1) is 13.5 Å². The number of hydrogen-bond acceptors (Lipinski definition) is 3. The molecule has 0 aliphatic heterocycles. The van der Waals surface area contributed by atoms with Gasteiger partial charge in [0.2, 0.25) is 5.91 Å². The van der Waals surface area contributed by atoms with E-state index < -0.39 is 0 Å². The van der Waals surface area contributed by atoms with Gasteiger partial charge in [-0.25, -0.2) is 0 Å². The van der Waals surface area contributed by atoms with Crippen molar-refractivity contribution in [1.29, 1.82) is 5.41 Å². The largest absolute Gasteiger partial charge is 0.497 e. The van der Waals surface area contributed by atoms with E-state index in [1.807, 2.05) is 30.3 Å². The van der Waals surface area contributed by atoms with E-state index in [1.165, 1.54) is 0 Å². The normalized spacial score (nSPS) is 9.85. The van der Waals surface area contributed by atoms with Crippen LogP contribution in [-0.2, 0) is 4.79 Å². The third kappa shape index (κ3) is 3.68. The Hall–Kier alpha value is -2.62. The molecule has 0 aliphatic carbocycles. The molecule has 2 rings (SSSR count). The van der Waals surface area contributed by atoms with Crippen LogP contribution in [-0.4, -0.2) is 18.7 Å². The van der Waals surface area contributed by atoms with Gasteiger partial charge in [-0.1, -0.05) is 18.2 Å². The first kappa shape index (κ1) is 13.8. The van der Waals surface area contributed by atoms with Gasteiger partial charge in [-0.2, -0.15) is 0 Å². The lowest BCUT2D eigenvalue weighted by Gasteiger charge is -2.07. The lowest BCUT2D eigenvalue weighted by atomic mass is 10.1. The number of para-hydroxylation sites is 1. The fourth-order valence-electron chi connectivity index (χ4n) is 1.78. The van der Waals surface area contributed by atoms with E-state index in [0.717, 1.165) is 11.4 Å². The molecule has 0 saturated heterocycles. The quantitative estimate of drug-likeness (QED) is 0.818. The maximum atomic E-state index is 11.8. The molecule has 0 aliphatic rings. The second-order valence-electron chi connectivity index (χ2n) is 4.30. The standard InChI is InChI=1S/C16H16N2O2/c1-20-14-9-7-12(8-10-14)15(17)11-16(19)18-13-5-3-2-4-6-13/h2-10,17H,11H2,1H3,(H,18,19).